The molecule has 4 nitrogen and oxygen atoms in total. The van der Waals surface area contributed by atoms with Gasteiger partial charge in [0.25, 0.3) is 11.8 Å². The van der Waals surface area contributed by atoms with Crippen molar-refractivity contribution in [2.24, 2.45) is 0 Å². The van der Waals surface area contributed by atoms with Gasteiger partial charge in [0, 0.05) is 12.3 Å². The Hall–Kier alpha value is -1.24. The fourth-order valence-corrected chi connectivity index (χ4v) is 1.26. The Labute approximate surface area is 83.1 Å². The number of carbonyl (C=O) groups is 1. The summed E-state index contributed by atoms with van der Waals surface area (Å²) in [6.07, 6.45) is 0. The number of halogens is 2. The van der Waals surface area contributed by atoms with E-state index in [1.165, 1.54) is 5.38 Å². The lowest BCUT2D eigenvalue weighted by molar-refractivity contribution is 0.0220. The molecule has 0 unspecified atom stereocenters. The highest BCUT2D eigenvalue weighted by Crippen LogP contribution is 2.12. The number of alkyl halides is 2. The predicted octanol–water partition coefficient (Wildman–Crippen LogP) is 1.11. The van der Waals surface area contributed by atoms with Crippen LogP contribution in [0.4, 0.5) is 13.9 Å². The molecule has 0 aliphatic rings. The van der Waals surface area contributed by atoms with E-state index in [-0.39, 0.29) is 10.8 Å². The molecule has 3 N–H and O–H groups in total. The summed E-state index contributed by atoms with van der Waals surface area (Å²) in [5, 5.41) is 3.70. The number of thiazole rings is 1. The molecule has 0 radical (unpaired) electrons. The molecule has 0 aliphatic carbocycles. The summed E-state index contributed by atoms with van der Waals surface area (Å²) in [7, 11) is 0. The molecule has 0 fully saturated rings. The van der Waals surface area contributed by atoms with Crippen molar-refractivity contribution >= 4 is 22.4 Å². The van der Waals surface area contributed by atoms with Gasteiger partial charge in [0.05, 0.1) is 6.54 Å². The number of nitrogens with two attached hydrogens (primary N) is 1. The molecule has 78 valence electrons. The summed E-state index contributed by atoms with van der Waals surface area (Å²) < 4.78 is 24.7. The van der Waals surface area contributed by atoms with Crippen molar-refractivity contribution in [1.82, 2.24) is 10.3 Å². The molecule has 1 heterocycles. The van der Waals surface area contributed by atoms with Gasteiger partial charge in [-0.15, -0.1) is 11.3 Å². The fraction of sp³-hybridized carbons (Fsp3) is 0.429. The molecule has 0 spiro atoms. The van der Waals surface area contributed by atoms with Gasteiger partial charge < -0.3 is 11.1 Å². The molecule has 7 heteroatoms. The second kappa shape index (κ2) is 3.87. The van der Waals surface area contributed by atoms with E-state index >= 15 is 0 Å². The molecule has 0 saturated heterocycles. The molecule has 14 heavy (non-hydrogen) atoms. The third kappa shape index (κ3) is 3.25. The van der Waals surface area contributed by atoms with Crippen molar-refractivity contribution in [2.75, 3.05) is 12.3 Å². The SMILES string of the molecule is CC(F)(F)CNC(=O)c1csc(N)n1. The van der Waals surface area contributed by atoms with Gasteiger partial charge >= 0.3 is 0 Å². The van der Waals surface area contributed by atoms with Crippen LogP contribution in [0.25, 0.3) is 0 Å². The maximum Gasteiger partial charge on any atom is 0.271 e. The number of hydrogen-bond donors (Lipinski definition) is 2. The summed E-state index contributed by atoms with van der Waals surface area (Å²) >= 11 is 1.08. The highest BCUT2D eigenvalue weighted by Gasteiger charge is 2.22. The number of hydrogen-bond acceptors (Lipinski definition) is 4. The van der Waals surface area contributed by atoms with Gasteiger partial charge in [-0.05, 0) is 0 Å². The Morgan fingerprint density at radius 2 is 2.43 bits per heavy atom. The lowest BCUT2D eigenvalue weighted by atomic mass is 10.3. The summed E-state index contributed by atoms with van der Waals surface area (Å²) in [6.45, 7) is 0.0198. The number of nitrogens with zero attached hydrogens (tertiary/aromatic N) is 1. The quantitative estimate of drug-likeness (QED) is 0.803. The zero-order valence-electron chi connectivity index (χ0n) is 7.38. The highest BCUT2D eigenvalue weighted by molar-refractivity contribution is 7.13. The number of anilines is 1. The van der Waals surface area contributed by atoms with E-state index in [4.69, 9.17) is 5.73 Å². The number of nitrogens with one attached hydrogen (secondary N) is 1. The first-order valence-corrected chi connectivity index (χ1v) is 4.63. The summed E-state index contributed by atoms with van der Waals surface area (Å²) in [5.74, 6) is -3.56. The largest absolute Gasteiger partial charge is 0.375 e. The summed E-state index contributed by atoms with van der Waals surface area (Å²) in [4.78, 5) is 14.8. The molecule has 0 aromatic carbocycles. The van der Waals surface area contributed by atoms with Crippen molar-refractivity contribution in [3.05, 3.63) is 11.1 Å². The number of rotatable bonds is 3. The van der Waals surface area contributed by atoms with Crippen molar-refractivity contribution in [3.8, 4) is 0 Å². The van der Waals surface area contributed by atoms with Crippen molar-refractivity contribution in [3.63, 3.8) is 0 Å². The first-order valence-electron chi connectivity index (χ1n) is 3.75. The first kappa shape index (κ1) is 10.8. The van der Waals surface area contributed by atoms with Crippen LogP contribution in [-0.4, -0.2) is 23.4 Å². The second-order valence-electron chi connectivity index (χ2n) is 2.82. The van der Waals surface area contributed by atoms with Crippen LogP contribution in [0, 0.1) is 0 Å². The Bertz CT molecular complexity index is 334. The van der Waals surface area contributed by atoms with E-state index in [0.717, 1.165) is 18.3 Å². The standard InChI is InChI=1S/C7H9F2N3OS/c1-7(8,9)3-11-5(13)4-2-14-6(10)12-4/h2H,3H2,1H3,(H2,10,12)(H,11,13). The molecule has 1 rings (SSSR count). The van der Waals surface area contributed by atoms with Crippen molar-refractivity contribution < 1.29 is 13.6 Å². The smallest absolute Gasteiger partial charge is 0.271 e. The number of aromatic nitrogens is 1. The Balaban J connectivity index is 2.52. The van der Waals surface area contributed by atoms with Crippen LogP contribution >= 0.6 is 11.3 Å². The molecule has 0 atom stereocenters. The third-order valence-electron chi connectivity index (χ3n) is 1.31. The van der Waals surface area contributed by atoms with Crippen molar-refractivity contribution in [2.45, 2.75) is 12.8 Å². The van der Waals surface area contributed by atoms with Crippen LogP contribution in [0.5, 0.6) is 0 Å². The summed E-state index contributed by atoms with van der Waals surface area (Å²) in [5.41, 5.74) is 5.34. The van der Waals surface area contributed by atoms with Gasteiger partial charge in [-0.3, -0.25) is 4.79 Å². The summed E-state index contributed by atoms with van der Waals surface area (Å²) in [6, 6.07) is 0. The average molecular weight is 221 g/mol. The van der Waals surface area contributed by atoms with Gasteiger partial charge in [-0.2, -0.15) is 0 Å². The maximum atomic E-state index is 12.3. The van der Waals surface area contributed by atoms with E-state index in [1.54, 1.807) is 0 Å². The molecular weight excluding hydrogens is 212 g/mol. The Kier molecular flexibility index (Phi) is 3.00. The lowest BCUT2D eigenvalue weighted by Crippen LogP contribution is -2.34. The van der Waals surface area contributed by atoms with E-state index < -0.39 is 18.4 Å². The van der Waals surface area contributed by atoms with Crippen molar-refractivity contribution in [1.29, 1.82) is 0 Å². The minimum absolute atomic E-state index is 0.0664. The van der Waals surface area contributed by atoms with Gasteiger partial charge in [0.1, 0.15) is 5.69 Å². The average Bonchev–Trinajstić information content (AvgIpc) is 2.46. The molecule has 1 aromatic rings. The predicted molar refractivity (Wildman–Crippen MR) is 49.5 cm³/mol. The van der Waals surface area contributed by atoms with Crippen LogP contribution < -0.4 is 11.1 Å². The van der Waals surface area contributed by atoms with Gasteiger partial charge in [-0.25, -0.2) is 13.8 Å². The van der Waals surface area contributed by atoms with Crippen LogP contribution in [0.2, 0.25) is 0 Å². The van der Waals surface area contributed by atoms with Crippen LogP contribution in [-0.2, 0) is 0 Å². The molecule has 1 amide bonds. The van der Waals surface area contributed by atoms with E-state index in [0.29, 0.717) is 0 Å². The van der Waals surface area contributed by atoms with Crippen LogP contribution in [0.15, 0.2) is 5.38 Å². The first-order chi connectivity index (χ1) is 6.38. The zero-order valence-corrected chi connectivity index (χ0v) is 8.20. The van der Waals surface area contributed by atoms with E-state index in [1.807, 2.05) is 0 Å². The monoisotopic (exact) mass is 221 g/mol. The normalized spacial score (nSPS) is 11.4. The van der Waals surface area contributed by atoms with E-state index in [2.05, 4.69) is 10.3 Å². The lowest BCUT2D eigenvalue weighted by Gasteiger charge is -2.09. The maximum absolute atomic E-state index is 12.3. The fourth-order valence-electron chi connectivity index (χ4n) is 0.718. The molecule has 0 bridgehead atoms. The zero-order chi connectivity index (χ0) is 10.8. The van der Waals surface area contributed by atoms with Gasteiger partial charge in [0.15, 0.2) is 5.13 Å². The number of amides is 1. The second-order valence-corrected chi connectivity index (χ2v) is 3.71. The number of nitrogen functional groups attached to an aromatic ring is 1. The molecule has 0 aliphatic heterocycles. The molecule has 1 aromatic heterocycles. The minimum Gasteiger partial charge on any atom is -0.375 e. The highest BCUT2D eigenvalue weighted by atomic mass is 32.1. The minimum atomic E-state index is -2.92. The Morgan fingerprint density at radius 1 is 1.79 bits per heavy atom. The third-order valence-corrected chi connectivity index (χ3v) is 1.99. The molecular formula is C7H9F2N3OS. The molecule has 0 saturated carbocycles. The van der Waals surface area contributed by atoms with Crippen LogP contribution in [0.1, 0.15) is 17.4 Å². The Morgan fingerprint density at radius 3 is 2.86 bits per heavy atom. The van der Waals surface area contributed by atoms with E-state index in [9.17, 15) is 13.6 Å². The van der Waals surface area contributed by atoms with Gasteiger partial charge in [0.2, 0.25) is 0 Å². The van der Waals surface area contributed by atoms with Gasteiger partial charge in [-0.1, -0.05) is 0 Å². The van der Waals surface area contributed by atoms with Crippen LogP contribution in [0.3, 0.4) is 0 Å². The topological polar surface area (TPSA) is 68.0 Å². The number of carbonyl (C=O) groups excluding carboxylic acids is 1.